The topological polar surface area (TPSA) is 97.8 Å². The Bertz CT molecular complexity index is 1430. The number of anilines is 1. The molecule has 0 saturated heterocycles. The van der Waals surface area contributed by atoms with Gasteiger partial charge >= 0.3 is 5.97 Å². The monoisotopic (exact) mass is 510 g/mol. The number of rotatable bonds is 9. The molecule has 0 bridgehead atoms. The average molecular weight is 511 g/mol. The van der Waals surface area contributed by atoms with Crippen molar-refractivity contribution in [1.82, 2.24) is 4.98 Å². The summed E-state index contributed by atoms with van der Waals surface area (Å²) in [6.07, 6.45) is 8.73. The van der Waals surface area contributed by atoms with Gasteiger partial charge in [-0.25, -0.2) is 9.78 Å². The zero-order chi connectivity index (χ0) is 26.3. The fourth-order valence-corrected chi connectivity index (χ4v) is 4.70. The number of nitrogens with one attached hydrogen (secondary N) is 1. The number of carboxylic acid groups (broad SMARTS) is 1. The van der Waals surface area contributed by atoms with Crippen molar-refractivity contribution in [1.29, 1.82) is 0 Å². The van der Waals surface area contributed by atoms with Crippen LogP contribution in [-0.4, -0.2) is 28.1 Å². The molecule has 194 valence electrons. The van der Waals surface area contributed by atoms with Gasteiger partial charge in [0.15, 0.2) is 0 Å². The molecule has 0 aliphatic heterocycles. The van der Waals surface area contributed by atoms with Crippen LogP contribution in [0.25, 0.3) is 10.8 Å². The molecule has 5 rings (SSSR count). The number of aryl methyl sites for hydroxylation is 1. The van der Waals surface area contributed by atoms with Gasteiger partial charge < -0.3 is 19.9 Å². The van der Waals surface area contributed by atoms with E-state index in [1.165, 1.54) is 25.3 Å². The molecule has 1 amide bonds. The molecular formula is C31H30N2O5. The smallest absolute Gasteiger partial charge is 0.337 e. The Hall–Kier alpha value is -4.39. The lowest BCUT2D eigenvalue weighted by molar-refractivity contribution is -0.116. The largest absolute Gasteiger partial charge is 0.490 e. The van der Waals surface area contributed by atoms with Crippen LogP contribution in [0.5, 0.6) is 17.4 Å². The van der Waals surface area contributed by atoms with Gasteiger partial charge in [0.2, 0.25) is 11.8 Å². The molecule has 1 fully saturated rings. The highest BCUT2D eigenvalue weighted by Crippen LogP contribution is 2.29. The number of carboxylic acids is 1. The number of nitrogens with zero attached hydrogens (tertiary/aromatic N) is 1. The summed E-state index contributed by atoms with van der Waals surface area (Å²) in [6.45, 7) is 0. The molecule has 1 heterocycles. The van der Waals surface area contributed by atoms with E-state index in [0.29, 0.717) is 24.2 Å². The maximum absolute atomic E-state index is 12.3. The zero-order valence-electron chi connectivity index (χ0n) is 21.1. The molecule has 1 saturated carbocycles. The van der Waals surface area contributed by atoms with Crippen LogP contribution in [-0.2, 0) is 11.2 Å². The Balaban J connectivity index is 1.15. The quantitative estimate of drug-likeness (QED) is 0.251. The first-order chi connectivity index (χ1) is 18.5. The molecule has 1 aromatic heterocycles. The molecule has 0 spiro atoms. The number of fused-ring (bicyclic) bond motifs is 1. The van der Waals surface area contributed by atoms with Gasteiger partial charge in [-0.15, -0.1) is 0 Å². The SMILES string of the molecule is O=C(CCc1ccc(Oc2ccc3cc(OC4CCCCC4)ccc3c2)nc1)Nc1ccccc1C(=O)O. The molecule has 7 heteroatoms. The Kier molecular flexibility index (Phi) is 7.83. The first kappa shape index (κ1) is 25.3. The minimum atomic E-state index is -1.08. The number of benzene rings is 3. The molecule has 0 unspecified atom stereocenters. The number of carbonyl (C=O) groups is 2. The van der Waals surface area contributed by atoms with Crippen LogP contribution in [0.2, 0.25) is 0 Å². The van der Waals surface area contributed by atoms with Gasteiger partial charge in [0.1, 0.15) is 11.5 Å². The third kappa shape index (κ3) is 6.48. The van der Waals surface area contributed by atoms with Gasteiger partial charge in [-0.1, -0.05) is 36.8 Å². The number of pyridine rings is 1. The summed E-state index contributed by atoms with van der Waals surface area (Å²) in [4.78, 5) is 28.0. The molecule has 1 aliphatic carbocycles. The van der Waals surface area contributed by atoms with Crippen LogP contribution in [0.4, 0.5) is 5.69 Å². The molecule has 2 N–H and O–H groups in total. The lowest BCUT2D eigenvalue weighted by atomic mass is 9.98. The second-order valence-corrected chi connectivity index (χ2v) is 9.55. The highest BCUT2D eigenvalue weighted by atomic mass is 16.5. The molecule has 38 heavy (non-hydrogen) atoms. The van der Waals surface area contributed by atoms with Crippen LogP contribution in [0.3, 0.4) is 0 Å². The molecule has 0 radical (unpaired) electrons. The van der Waals surface area contributed by atoms with E-state index >= 15 is 0 Å². The Labute approximate surface area is 221 Å². The van der Waals surface area contributed by atoms with Crippen molar-refractivity contribution in [2.45, 2.75) is 51.0 Å². The second-order valence-electron chi connectivity index (χ2n) is 9.55. The lowest BCUT2D eigenvalue weighted by Crippen LogP contribution is -2.19. The van der Waals surface area contributed by atoms with Crippen LogP contribution >= 0.6 is 0 Å². The normalized spacial score (nSPS) is 13.7. The lowest BCUT2D eigenvalue weighted by Gasteiger charge is -2.23. The minimum Gasteiger partial charge on any atom is -0.490 e. The number of hydrogen-bond donors (Lipinski definition) is 2. The molecule has 1 aliphatic rings. The maximum Gasteiger partial charge on any atom is 0.337 e. The van der Waals surface area contributed by atoms with E-state index in [9.17, 15) is 14.7 Å². The molecular weight excluding hydrogens is 480 g/mol. The summed E-state index contributed by atoms with van der Waals surface area (Å²) in [5, 5.41) is 14.1. The number of aromatic nitrogens is 1. The minimum absolute atomic E-state index is 0.0610. The van der Waals surface area contributed by atoms with Gasteiger partial charge in [0.05, 0.1) is 17.4 Å². The van der Waals surface area contributed by atoms with Crippen molar-refractivity contribution in [3.8, 4) is 17.4 Å². The van der Waals surface area contributed by atoms with E-state index in [2.05, 4.69) is 22.4 Å². The fraction of sp³-hybridized carbons (Fsp3) is 0.258. The summed E-state index contributed by atoms with van der Waals surface area (Å²) in [7, 11) is 0. The number of amides is 1. The van der Waals surface area contributed by atoms with Gasteiger partial charge in [0, 0.05) is 18.7 Å². The molecule has 3 aromatic carbocycles. The third-order valence-corrected chi connectivity index (χ3v) is 6.73. The Morgan fingerprint density at radius 1 is 0.895 bits per heavy atom. The van der Waals surface area contributed by atoms with Gasteiger partial charge in [-0.2, -0.15) is 0 Å². The van der Waals surface area contributed by atoms with Crippen molar-refractivity contribution in [3.63, 3.8) is 0 Å². The van der Waals surface area contributed by atoms with Gasteiger partial charge in [-0.05, 0) is 84.8 Å². The summed E-state index contributed by atoms with van der Waals surface area (Å²) < 4.78 is 12.1. The number of hydrogen-bond acceptors (Lipinski definition) is 5. The summed E-state index contributed by atoms with van der Waals surface area (Å²) >= 11 is 0. The first-order valence-corrected chi connectivity index (χ1v) is 13.0. The number of ether oxygens (including phenoxy) is 2. The van der Waals surface area contributed by atoms with E-state index in [-0.39, 0.29) is 23.6 Å². The third-order valence-electron chi connectivity index (χ3n) is 6.73. The van der Waals surface area contributed by atoms with Crippen LogP contribution in [0.1, 0.15) is 54.4 Å². The fourth-order valence-electron chi connectivity index (χ4n) is 4.70. The number of aromatic carboxylic acids is 1. The predicted molar refractivity (Wildman–Crippen MR) is 146 cm³/mol. The van der Waals surface area contributed by atoms with E-state index in [1.807, 2.05) is 30.3 Å². The Morgan fingerprint density at radius 2 is 1.63 bits per heavy atom. The van der Waals surface area contributed by atoms with Crippen LogP contribution in [0, 0.1) is 0 Å². The molecule has 0 atom stereocenters. The maximum atomic E-state index is 12.3. The summed E-state index contributed by atoms with van der Waals surface area (Å²) in [5.74, 6) is 0.721. The molecule has 4 aromatic rings. The zero-order valence-corrected chi connectivity index (χ0v) is 21.1. The number of carbonyl (C=O) groups excluding carboxylic acids is 1. The van der Waals surface area contributed by atoms with E-state index in [1.54, 1.807) is 30.5 Å². The predicted octanol–water partition coefficient (Wildman–Crippen LogP) is 7.01. The standard InChI is InChI=1S/C31H30N2O5/c34-29(33-28-9-5-4-8-27(28)31(35)36)16-10-21-11-17-30(32-20-21)38-26-15-13-22-18-25(14-12-23(22)19-26)37-24-6-2-1-3-7-24/h4-5,8-9,11-15,17-20,24H,1-3,6-7,10,16H2,(H,33,34)(H,35,36). The highest BCUT2D eigenvalue weighted by molar-refractivity contribution is 6.00. The molecule has 7 nitrogen and oxygen atoms in total. The van der Waals surface area contributed by atoms with Gasteiger partial charge in [-0.3, -0.25) is 4.79 Å². The number of para-hydroxylation sites is 1. The van der Waals surface area contributed by atoms with Crippen molar-refractivity contribution in [3.05, 3.63) is 90.1 Å². The first-order valence-electron chi connectivity index (χ1n) is 13.0. The van der Waals surface area contributed by atoms with Crippen LogP contribution < -0.4 is 14.8 Å². The van der Waals surface area contributed by atoms with Crippen LogP contribution in [0.15, 0.2) is 79.0 Å². The van der Waals surface area contributed by atoms with E-state index in [4.69, 9.17) is 9.47 Å². The van der Waals surface area contributed by atoms with Crippen molar-refractivity contribution in [2.75, 3.05) is 5.32 Å². The van der Waals surface area contributed by atoms with Crippen molar-refractivity contribution in [2.24, 2.45) is 0 Å². The summed E-state index contributed by atoms with van der Waals surface area (Å²) in [6, 6.07) is 22.1. The second kappa shape index (κ2) is 11.8. The van der Waals surface area contributed by atoms with E-state index in [0.717, 1.165) is 34.9 Å². The van der Waals surface area contributed by atoms with Crippen molar-refractivity contribution >= 4 is 28.3 Å². The Morgan fingerprint density at radius 3 is 2.37 bits per heavy atom. The summed E-state index contributed by atoms with van der Waals surface area (Å²) in [5.41, 5.74) is 1.23. The van der Waals surface area contributed by atoms with Crippen molar-refractivity contribution < 1.29 is 24.2 Å². The highest BCUT2D eigenvalue weighted by Gasteiger charge is 2.15. The van der Waals surface area contributed by atoms with E-state index < -0.39 is 5.97 Å². The average Bonchev–Trinajstić information content (AvgIpc) is 2.93. The van der Waals surface area contributed by atoms with Gasteiger partial charge in [0.25, 0.3) is 0 Å².